The van der Waals surface area contributed by atoms with Gasteiger partial charge in [0.15, 0.2) is 6.23 Å². The molecule has 0 rings (SSSR count). The van der Waals surface area contributed by atoms with Gasteiger partial charge in [0, 0.05) is 0 Å². The lowest BCUT2D eigenvalue weighted by atomic mass is 9.92. The van der Waals surface area contributed by atoms with Crippen LogP contribution in [0.25, 0.3) is 0 Å². The zero-order valence-electron chi connectivity index (χ0n) is 8.26. The van der Waals surface area contributed by atoms with Crippen LogP contribution in [0.2, 0.25) is 0 Å². The molecule has 13 heavy (non-hydrogen) atoms. The summed E-state index contributed by atoms with van der Waals surface area (Å²) in [6, 6.07) is 0. The van der Waals surface area contributed by atoms with Gasteiger partial charge in [-0.3, -0.25) is 15.9 Å². The molecule has 76 valence electrons. The first kappa shape index (κ1) is 11.9. The Bertz CT molecular complexity index is 213. The molecule has 0 saturated carbocycles. The fraction of sp³-hybridized carbons (Fsp3) is 0.750. The lowest BCUT2D eigenvalue weighted by Gasteiger charge is -2.22. The maximum atomic E-state index is 11.4. The summed E-state index contributed by atoms with van der Waals surface area (Å²) < 4.78 is 4.84. The third-order valence-corrected chi connectivity index (χ3v) is 1.84. The van der Waals surface area contributed by atoms with E-state index in [-0.39, 0.29) is 5.84 Å². The number of ether oxygens (including phenoxy) is 1. The van der Waals surface area contributed by atoms with Crippen LogP contribution in [0, 0.1) is 10.8 Å². The monoisotopic (exact) mass is 187 g/mol. The molecule has 0 radical (unpaired) electrons. The lowest BCUT2D eigenvalue weighted by molar-refractivity contribution is -0.155. The van der Waals surface area contributed by atoms with Crippen LogP contribution in [0.3, 0.4) is 0 Å². The summed E-state index contributed by atoms with van der Waals surface area (Å²) in [5.41, 5.74) is 9.56. The van der Waals surface area contributed by atoms with Gasteiger partial charge >= 0.3 is 5.97 Å². The highest BCUT2D eigenvalue weighted by Crippen LogP contribution is 2.17. The summed E-state index contributed by atoms with van der Waals surface area (Å²) in [5.74, 6) is -0.782. The molecule has 5 heteroatoms. The highest BCUT2D eigenvalue weighted by molar-refractivity contribution is 6.02. The normalized spacial score (nSPS) is 13.5. The molecule has 0 spiro atoms. The maximum absolute atomic E-state index is 11.4. The van der Waals surface area contributed by atoms with Crippen LogP contribution in [0.4, 0.5) is 0 Å². The molecule has 0 heterocycles. The molecule has 0 aromatic rings. The first-order valence-corrected chi connectivity index (χ1v) is 4.13. The Morgan fingerprint density at radius 1 is 1.62 bits per heavy atom. The third-order valence-electron chi connectivity index (χ3n) is 1.84. The van der Waals surface area contributed by atoms with E-state index in [4.69, 9.17) is 21.6 Å². The average molecular weight is 187 g/mol. The van der Waals surface area contributed by atoms with Crippen molar-refractivity contribution < 1.29 is 9.53 Å². The second kappa shape index (κ2) is 4.23. The second-order valence-corrected chi connectivity index (χ2v) is 3.39. The molecule has 5 N–H and O–H groups in total. The third kappa shape index (κ3) is 3.02. The molecule has 0 fully saturated rings. The summed E-state index contributed by atoms with van der Waals surface area (Å²) in [7, 11) is 0. The number of hydrogen-bond acceptors (Lipinski definition) is 4. The summed E-state index contributed by atoms with van der Waals surface area (Å²) in [6.07, 6.45) is -0.0779. The molecule has 0 aromatic carbocycles. The van der Waals surface area contributed by atoms with Crippen molar-refractivity contribution >= 4 is 11.8 Å². The van der Waals surface area contributed by atoms with Gasteiger partial charge in [-0.2, -0.15) is 0 Å². The van der Waals surface area contributed by atoms with Crippen molar-refractivity contribution in [3.63, 3.8) is 0 Å². The van der Waals surface area contributed by atoms with Gasteiger partial charge in [0.25, 0.3) is 0 Å². The first-order chi connectivity index (χ1) is 5.82. The molecule has 0 bridgehead atoms. The van der Waals surface area contributed by atoms with E-state index in [1.165, 1.54) is 13.8 Å². The Kier molecular flexibility index (Phi) is 3.87. The van der Waals surface area contributed by atoms with E-state index in [0.717, 1.165) is 0 Å². The number of rotatable bonds is 4. The molecular formula is C8H17N3O2. The maximum Gasteiger partial charge on any atom is 0.320 e. The van der Waals surface area contributed by atoms with Gasteiger partial charge in [-0.1, -0.05) is 6.92 Å². The van der Waals surface area contributed by atoms with E-state index < -0.39 is 17.6 Å². The lowest BCUT2D eigenvalue weighted by Crippen LogP contribution is -2.42. The molecule has 0 aliphatic carbocycles. The van der Waals surface area contributed by atoms with E-state index in [2.05, 4.69) is 0 Å². The fourth-order valence-electron chi connectivity index (χ4n) is 0.478. The van der Waals surface area contributed by atoms with Crippen molar-refractivity contribution in [1.29, 1.82) is 5.41 Å². The van der Waals surface area contributed by atoms with Gasteiger partial charge in [-0.05, 0) is 20.3 Å². The number of amidine groups is 1. The smallest absolute Gasteiger partial charge is 0.320 e. The fourth-order valence-corrected chi connectivity index (χ4v) is 0.478. The summed E-state index contributed by atoms with van der Waals surface area (Å²) in [5, 5.41) is 7.17. The molecule has 0 aliphatic rings. The van der Waals surface area contributed by atoms with Crippen LogP contribution in [0.1, 0.15) is 27.2 Å². The number of carbonyl (C=O) groups excluding carboxylic acids is 1. The molecule has 0 amide bonds. The predicted octanol–water partition coefficient (Wildman–Crippen LogP) is 0.187. The molecule has 1 unspecified atom stereocenters. The minimum atomic E-state index is -1.09. The van der Waals surface area contributed by atoms with Crippen LogP contribution in [0.5, 0.6) is 0 Å². The molecular weight excluding hydrogens is 170 g/mol. The van der Waals surface area contributed by atoms with Gasteiger partial charge in [0.2, 0.25) is 0 Å². The van der Waals surface area contributed by atoms with Gasteiger partial charge in [0.1, 0.15) is 11.3 Å². The Hall–Kier alpha value is -1.10. The van der Waals surface area contributed by atoms with Crippen molar-refractivity contribution in [3.8, 4) is 0 Å². The Morgan fingerprint density at radius 2 is 2.08 bits per heavy atom. The largest absolute Gasteiger partial charge is 0.446 e. The highest BCUT2D eigenvalue weighted by Gasteiger charge is 2.33. The highest BCUT2D eigenvalue weighted by atomic mass is 16.6. The zero-order valence-corrected chi connectivity index (χ0v) is 8.26. The SMILES string of the molecule is CCC(N)OC(=O)C(C)(C)C(=N)N. The van der Waals surface area contributed by atoms with E-state index in [1.807, 2.05) is 0 Å². The topological polar surface area (TPSA) is 102 Å². The number of carbonyl (C=O) groups is 1. The average Bonchev–Trinajstić information content (AvgIpc) is 2.03. The van der Waals surface area contributed by atoms with Crippen LogP contribution in [0.15, 0.2) is 0 Å². The molecule has 5 nitrogen and oxygen atoms in total. The predicted molar refractivity (Wildman–Crippen MR) is 50.1 cm³/mol. The van der Waals surface area contributed by atoms with Gasteiger partial charge in [-0.25, -0.2) is 0 Å². The van der Waals surface area contributed by atoms with Crippen LogP contribution >= 0.6 is 0 Å². The van der Waals surface area contributed by atoms with Gasteiger partial charge in [0.05, 0.1) is 0 Å². The summed E-state index contributed by atoms with van der Waals surface area (Å²) in [6.45, 7) is 4.86. The molecule has 0 aliphatic heterocycles. The van der Waals surface area contributed by atoms with Gasteiger partial charge in [-0.15, -0.1) is 0 Å². The zero-order chi connectivity index (χ0) is 10.6. The standard InChI is InChI=1S/C8H17N3O2/c1-4-5(9)13-7(12)8(2,3)6(10)11/h5H,4,9H2,1-3H3,(H3,10,11). The van der Waals surface area contributed by atoms with Crippen molar-refractivity contribution in [1.82, 2.24) is 0 Å². The second-order valence-electron chi connectivity index (χ2n) is 3.39. The summed E-state index contributed by atoms with van der Waals surface area (Å²) in [4.78, 5) is 11.4. The van der Waals surface area contributed by atoms with Crippen molar-refractivity contribution in [2.45, 2.75) is 33.4 Å². The number of nitrogens with two attached hydrogens (primary N) is 2. The minimum absolute atomic E-state index is 0.221. The van der Waals surface area contributed by atoms with Gasteiger partial charge < -0.3 is 10.5 Å². The van der Waals surface area contributed by atoms with Crippen molar-refractivity contribution in [3.05, 3.63) is 0 Å². The first-order valence-electron chi connectivity index (χ1n) is 4.13. The molecule has 1 atom stereocenters. The van der Waals surface area contributed by atoms with E-state index in [0.29, 0.717) is 6.42 Å². The van der Waals surface area contributed by atoms with Crippen molar-refractivity contribution in [2.24, 2.45) is 16.9 Å². The Morgan fingerprint density at radius 3 is 2.38 bits per heavy atom. The van der Waals surface area contributed by atoms with Crippen molar-refractivity contribution in [2.75, 3.05) is 0 Å². The van der Waals surface area contributed by atoms with Crippen LogP contribution < -0.4 is 11.5 Å². The summed E-state index contributed by atoms with van der Waals surface area (Å²) >= 11 is 0. The number of esters is 1. The van der Waals surface area contributed by atoms with Crippen LogP contribution in [-0.2, 0) is 9.53 Å². The van der Waals surface area contributed by atoms with E-state index >= 15 is 0 Å². The quantitative estimate of drug-likeness (QED) is 0.253. The molecule has 0 aromatic heterocycles. The van der Waals surface area contributed by atoms with E-state index in [1.54, 1.807) is 6.92 Å². The van der Waals surface area contributed by atoms with Crippen LogP contribution in [-0.4, -0.2) is 18.0 Å². The Labute approximate surface area is 77.9 Å². The Balaban J connectivity index is 4.34. The molecule has 0 saturated heterocycles. The van der Waals surface area contributed by atoms with E-state index in [9.17, 15) is 4.79 Å². The number of nitrogens with one attached hydrogen (secondary N) is 1. The number of hydrogen-bond donors (Lipinski definition) is 3. The minimum Gasteiger partial charge on any atom is -0.446 e.